The monoisotopic (exact) mass is 456 g/mol. The number of nitrogens with zero attached hydrogens (tertiary/aromatic N) is 1. The first-order chi connectivity index (χ1) is 12.0. The van der Waals surface area contributed by atoms with E-state index in [1.165, 1.54) is 27.5 Å². The zero-order chi connectivity index (χ0) is 18.4. The van der Waals surface area contributed by atoms with Gasteiger partial charge in [-0.2, -0.15) is 5.10 Å². The van der Waals surface area contributed by atoms with Gasteiger partial charge < -0.3 is 19.3 Å². The number of methoxy groups -OCH3 is 3. The van der Waals surface area contributed by atoms with E-state index in [1.54, 1.807) is 30.3 Å². The fraction of sp³-hybridized carbons (Fsp3) is 0.176. The maximum atomic E-state index is 12.2. The molecule has 0 radical (unpaired) electrons. The summed E-state index contributed by atoms with van der Waals surface area (Å²) in [4.78, 5) is 12.2. The van der Waals surface area contributed by atoms with E-state index in [9.17, 15) is 9.90 Å². The molecule has 2 aromatic carbocycles. The van der Waals surface area contributed by atoms with E-state index in [0.29, 0.717) is 31.9 Å². The van der Waals surface area contributed by atoms with E-state index in [-0.39, 0.29) is 5.75 Å². The van der Waals surface area contributed by atoms with Crippen LogP contribution in [0.15, 0.2) is 35.4 Å². The number of ether oxygens (including phenoxy) is 3. The van der Waals surface area contributed by atoms with Crippen LogP contribution >= 0.6 is 22.6 Å². The Bertz CT molecular complexity index is 808. The lowest BCUT2D eigenvalue weighted by Gasteiger charge is -2.09. The number of amides is 1. The van der Waals surface area contributed by atoms with Crippen LogP contribution in [0.4, 0.5) is 0 Å². The van der Waals surface area contributed by atoms with Crippen molar-refractivity contribution in [2.45, 2.75) is 0 Å². The van der Waals surface area contributed by atoms with E-state index in [2.05, 4.69) is 10.5 Å². The molecule has 0 saturated carbocycles. The number of aromatic hydroxyl groups is 1. The van der Waals surface area contributed by atoms with Crippen molar-refractivity contribution >= 4 is 34.7 Å². The number of hydrogen-bond donors (Lipinski definition) is 2. The average Bonchev–Trinajstić information content (AvgIpc) is 2.63. The fourth-order valence-corrected chi connectivity index (χ4v) is 2.66. The molecular weight excluding hydrogens is 439 g/mol. The van der Waals surface area contributed by atoms with Crippen LogP contribution in [0.1, 0.15) is 15.9 Å². The second kappa shape index (κ2) is 8.56. The van der Waals surface area contributed by atoms with Crippen LogP contribution in [0.3, 0.4) is 0 Å². The van der Waals surface area contributed by atoms with Gasteiger partial charge in [0.1, 0.15) is 11.5 Å². The van der Waals surface area contributed by atoms with Crippen molar-refractivity contribution in [2.75, 3.05) is 21.3 Å². The Morgan fingerprint density at radius 3 is 2.48 bits per heavy atom. The highest BCUT2D eigenvalue weighted by atomic mass is 127. The highest BCUT2D eigenvalue weighted by Gasteiger charge is 2.13. The summed E-state index contributed by atoms with van der Waals surface area (Å²) in [6.45, 7) is 0. The third-order valence-corrected chi connectivity index (χ3v) is 4.13. The molecule has 0 saturated heterocycles. The van der Waals surface area contributed by atoms with Crippen LogP contribution < -0.4 is 19.6 Å². The molecule has 0 spiro atoms. The summed E-state index contributed by atoms with van der Waals surface area (Å²) >= 11 is 1.98. The van der Waals surface area contributed by atoms with Gasteiger partial charge in [-0.05, 0) is 52.4 Å². The number of phenolic OH excluding ortho intramolecular Hbond substituents is 1. The Kier molecular flexibility index (Phi) is 6.45. The van der Waals surface area contributed by atoms with Crippen molar-refractivity contribution in [3.05, 3.63) is 45.0 Å². The normalized spacial score (nSPS) is 10.6. The largest absolute Gasteiger partial charge is 0.504 e. The number of nitrogens with one attached hydrogen (secondary N) is 1. The smallest absolute Gasteiger partial charge is 0.275 e. The minimum atomic E-state index is -0.420. The summed E-state index contributed by atoms with van der Waals surface area (Å²) in [7, 11) is 4.47. The molecule has 1 amide bonds. The van der Waals surface area contributed by atoms with E-state index in [4.69, 9.17) is 14.2 Å². The van der Waals surface area contributed by atoms with Gasteiger partial charge >= 0.3 is 0 Å². The first kappa shape index (κ1) is 18.8. The molecule has 0 fully saturated rings. The number of halogens is 1. The Morgan fingerprint density at radius 2 is 1.84 bits per heavy atom. The summed E-state index contributed by atoms with van der Waals surface area (Å²) in [5.41, 5.74) is 3.43. The van der Waals surface area contributed by atoms with Crippen molar-refractivity contribution in [3.63, 3.8) is 0 Å². The molecule has 25 heavy (non-hydrogen) atoms. The summed E-state index contributed by atoms with van der Waals surface area (Å²) in [6, 6.07) is 8.19. The van der Waals surface area contributed by atoms with Crippen LogP contribution in [-0.4, -0.2) is 38.6 Å². The number of phenols is 1. The van der Waals surface area contributed by atoms with Crippen molar-refractivity contribution in [1.29, 1.82) is 0 Å². The molecule has 0 heterocycles. The maximum absolute atomic E-state index is 12.2. The van der Waals surface area contributed by atoms with Gasteiger partial charge in [0.25, 0.3) is 5.91 Å². The van der Waals surface area contributed by atoms with E-state index < -0.39 is 5.91 Å². The molecule has 8 heteroatoms. The van der Waals surface area contributed by atoms with Crippen molar-refractivity contribution in [2.24, 2.45) is 5.10 Å². The topological polar surface area (TPSA) is 89.4 Å². The summed E-state index contributed by atoms with van der Waals surface area (Å²) in [5.74, 6) is 0.940. The Balaban J connectivity index is 2.15. The Labute approximate surface area is 158 Å². The number of benzene rings is 2. The van der Waals surface area contributed by atoms with Crippen LogP contribution in [0, 0.1) is 3.57 Å². The van der Waals surface area contributed by atoms with Gasteiger partial charge in [0.2, 0.25) is 0 Å². The van der Waals surface area contributed by atoms with Crippen LogP contribution in [0.2, 0.25) is 0 Å². The van der Waals surface area contributed by atoms with Gasteiger partial charge in [-0.3, -0.25) is 4.79 Å². The highest BCUT2D eigenvalue weighted by molar-refractivity contribution is 14.1. The minimum absolute atomic E-state index is 0.0623. The average molecular weight is 456 g/mol. The van der Waals surface area contributed by atoms with Crippen molar-refractivity contribution < 1.29 is 24.1 Å². The number of carbonyl (C=O) groups excluding carboxylic acids is 1. The van der Waals surface area contributed by atoms with Gasteiger partial charge in [-0.1, -0.05) is 0 Å². The third kappa shape index (κ3) is 4.53. The molecule has 2 aromatic rings. The van der Waals surface area contributed by atoms with Crippen molar-refractivity contribution in [3.8, 4) is 23.0 Å². The third-order valence-electron chi connectivity index (χ3n) is 3.30. The molecule has 0 aliphatic rings. The number of carbonyl (C=O) groups is 1. The molecular formula is C17H17IN2O5. The van der Waals surface area contributed by atoms with Gasteiger partial charge in [0.05, 0.1) is 36.7 Å². The Morgan fingerprint density at radius 1 is 1.12 bits per heavy atom. The van der Waals surface area contributed by atoms with Crippen LogP contribution in [0.5, 0.6) is 23.0 Å². The van der Waals surface area contributed by atoms with E-state index in [0.717, 1.165) is 0 Å². The quantitative estimate of drug-likeness (QED) is 0.397. The highest BCUT2D eigenvalue weighted by Crippen LogP contribution is 2.31. The minimum Gasteiger partial charge on any atom is -0.504 e. The lowest BCUT2D eigenvalue weighted by molar-refractivity contribution is 0.0952. The zero-order valence-corrected chi connectivity index (χ0v) is 16.0. The number of hydrazone groups is 1. The molecule has 2 rings (SSSR count). The second-order valence-corrected chi connectivity index (χ2v) is 5.98. The molecule has 0 aromatic heterocycles. The van der Waals surface area contributed by atoms with E-state index >= 15 is 0 Å². The van der Waals surface area contributed by atoms with Gasteiger partial charge in [-0.15, -0.1) is 0 Å². The fourth-order valence-electron chi connectivity index (χ4n) is 2.04. The summed E-state index contributed by atoms with van der Waals surface area (Å²) in [5, 5.41) is 13.7. The molecule has 0 atom stereocenters. The molecule has 0 aliphatic heterocycles. The first-order valence-corrected chi connectivity index (χ1v) is 8.20. The van der Waals surface area contributed by atoms with Crippen LogP contribution in [-0.2, 0) is 0 Å². The van der Waals surface area contributed by atoms with Crippen LogP contribution in [0.25, 0.3) is 0 Å². The molecule has 0 unspecified atom stereocenters. The first-order valence-electron chi connectivity index (χ1n) is 7.12. The molecule has 0 bridgehead atoms. The summed E-state index contributed by atoms with van der Waals surface area (Å²) < 4.78 is 16.0. The molecule has 132 valence electrons. The predicted molar refractivity (Wildman–Crippen MR) is 102 cm³/mol. The maximum Gasteiger partial charge on any atom is 0.275 e. The number of hydrogen-bond acceptors (Lipinski definition) is 6. The second-order valence-electron chi connectivity index (χ2n) is 4.82. The lowest BCUT2D eigenvalue weighted by atomic mass is 10.2. The standard InChI is InChI=1S/C17H17IN2O5/c1-23-11-4-5-12(14(8-11)24-2)17(22)20-19-9-10-6-13(18)16(21)15(7-10)25-3/h4-9,21H,1-3H3,(H,20,22)/b19-9+. The van der Waals surface area contributed by atoms with Crippen molar-refractivity contribution in [1.82, 2.24) is 5.43 Å². The SMILES string of the molecule is COc1ccc(C(=O)N/N=C/c2cc(I)c(O)c(OC)c2)c(OC)c1. The molecule has 2 N–H and O–H groups in total. The number of rotatable bonds is 6. The molecule has 7 nitrogen and oxygen atoms in total. The van der Waals surface area contributed by atoms with E-state index in [1.807, 2.05) is 22.6 Å². The Hall–Kier alpha value is -2.49. The lowest BCUT2D eigenvalue weighted by Crippen LogP contribution is -2.18. The molecule has 0 aliphatic carbocycles. The van der Waals surface area contributed by atoms with Gasteiger partial charge in [-0.25, -0.2) is 5.43 Å². The van der Waals surface area contributed by atoms with Gasteiger partial charge in [0, 0.05) is 6.07 Å². The summed E-state index contributed by atoms with van der Waals surface area (Å²) in [6.07, 6.45) is 1.46. The zero-order valence-electron chi connectivity index (χ0n) is 13.9. The van der Waals surface area contributed by atoms with Gasteiger partial charge in [0.15, 0.2) is 11.5 Å². The predicted octanol–water partition coefficient (Wildman–Crippen LogP) is 2.79.